The molecule has 0 aliphatic carbocycles. The van der Waals surface area contributed by atoms with Gasteiger partial charge in [-0.3, -0.25) is 4.98 Å². The van der Waals surface area contributed by atoms with Crippen molar-refractivity contribution in [1.82, 2.24) is 4.98 Å². The largest absolute Gasteiger partial charge is 0.256 e. The van der Waals surface area contributed by atoms with Gasteiger partial charge in [0.2, 0.25) is 0 Å². The van der Waals surface area contributed by atoms with E-state index < -0.39 is 0 Å². The quantitative estimate of drug-likeness (QED) is 0.667. The second kappa shape index (κ2) is 3.58. The van der Waals surface area contributed by atoms with E-state index in [2.05, 4.69) is 11.9 Å². The molecule has 14 heavy (non-hydrogen) atoms. The Balaban J connectivity index is 2.55. The van der Waals surface area contributed by atoms with Crippen LogP contribution in [-0.4, -0.2) is 4.98 Å². The zero-order chi connectivity index (χ0) is 9.97. The molecule has 0 spiro atoms. The first-order valence-electron chi connectivity index (χ1n) is 4.30. The molecule has 0 saturated carbocycles. The Kier molecular flexibility index (Phi) is 2.27. The third kappa shape index (κ3) is 1.64. The molecule has 1 radical (unpaired) electrons. The predicted octanol–water partition coefficient (Wildman–Crippen LogP) is 3.07. The first-order chi connectivity index (χ1) is 6.77. The summed E-state index contributed by atoms with van der Waals surface area (Å²) < 4.78 is 13.3. The van der Waals surface area contributed by atoms with E-state index in [1.165, 1.54) is 6.07 Å². The maximum absolute atomic E-state index is 13.3. The summed E-state index contributed by atoms with van der Waals surface area (Å²) in [7, 11) is 0. The molecule has 0 aliphatic heterocycles. The summed E-state index contributed by atoms with van der Waals surface area (Å²) in [5, 5.41) is 0. The Morgan fingerprint density at radius 1 is 1.14 bits per heavy atom. The fourth-order valence-corrected chi connectivity index (χ4v) is 1.29. The maximum atomic E-state index is 13.3. The van der Waals surface area contributed by atoms with Gasteiger partial charge in [0, 0.05) is 11.8 Å². The van der Waals surface area contributed by atoms with Crippen LogP contribution in [0.25, 0.3) is 11.3 Å². The van der Waals surface area contributed by atoms with E-state index in [1.807, 2.05) is 0 Å². The molecule has 0 aliphatic rings. The number of pyridine rings is 1. The van der Waals surface area contributed by atoms with Crippen molar-refractivity contribution in [2.45, 2.75) is 0 Å². The van der Waals surface area contributed by atoms with Gasteiger partial charge >= 0.3 is 0 Å². The van der Waals surface area contributed by atoms with Crippen molar-refractivity contribution in [3.8, 4) is 11.3 Å². The van der Waals surface area contributed by atoms with Crippen molar-refractivity contribution in [3.05, 3.63) is 60.9 Å². The SMILES string of the molecule is [CH2]c1ccnc(-c2ccccc2F)c1. The minimum absolute atomic E-state index is 0.259. The molecule has 0 atom stereocenters. The molecule has 2 rings (SSSR count). The van der Waals surface area contributed by atoms with E-state index in [0.717, 1.165) is 5.56 Å². The molecule has 1 nitrogen and oxygen atoms in total. The van der Waals surface area contributed by atoms with Crippen LogP contribution in [0.2, 0.25) is 0 Å². The molecule has 1 aromatic carbocycles. The van der Waals surface area contributed by atoms with Crippen LogP contribution in [0.15, 0.2) is 42.6 Å². The lowest BCUT2D eigenvalue weighted by Gasteiger charge is -2.02. The maximum Gasteiger partial charge on any atom is 0.132 e. The van der Waals surface area contributed by atoms with E-state index in [-0.39, 0.29) is 5.82 Å². The van der Waals surface area contributed by atoms with Crippen LogP contribution < -0.4 is 0 Å². The van der Waals surface area contributed by atoms with Crippen LogP contribution in [0.1, 0.15) is 5.56 Å². The van der Waals surface area contributed by atoms with Crippen molar-refractivity contribution in [1.29, 1.82) is 0 Å². The van der Waals surface area contributed by atoms with Gasteiger partial charge in [-0.2, -0.15) is 0 Å². The highest BCUT2D eigenvalue weighted by atomic mass is 19.1. The summed E-state index contributed by atoms with van der Waals surface area (Å²) in [6, 6.07) is 10.1. The fraction of sp³-hybridized carbons (Fsp3) is 0. The molecule has 1 aromatic heterocycles. The molecule has 2 heteroatoms. The number of halogens is 1. The Morgan fingerprint density at radius 2 is 1.93 bits per heavy atom. The molecule has 0 fully saturated rings. The topological polar surface area (TPSA) is 12.9 Å². The standard InChI is InChI=1S/C12H9FN/c1-9-6-7-14-12(8-9)10-4-2-3-5-11(10)13/h2-8H,1H2. The van der Waals surface area contributed by atoms with Crippen LogP contribution in [0.3, 0.4) is 0 Å². The monoisotopic (exact) mass is 186 g/mol. The second-order valence-electron chi connectivity index (χ2n) is 3.03. The van der Waals surface area contributed by atoms with Gasteiger partial charge in [-0.15, -0.1) is 0 Å². The summed E-state index contributed by atoms with van der Waals surface area (Å²) in [5.41, 5.74) is 1.96. The average Bonchev–Trinajstić information content (AvgIpc) is 2.18. The normalized spacial score (nSPS) is 10.1. The zero-order valence-electron chi connectivity index (χ0n) is 7.57. The summed E-state index contributed by atoms with van der Waals surface area (Å²) in [6.07, 6.45) is 1.63. The Bertz CT molecular complexity index is 452. The molecule has 69 valence electrons. The van der Waals surface area contributed by atoms with Crippen LogP contribution in [0, 0.1) is 12.7 Å². The first-order valence-corrected chi connectivity index (χ1v) is 4.30. The highest BCUT2D eigenvalue weighted by Gasteiger charge is 2.04. The van der Waals surface area contributed by atoms with Gasteiger partial charge in [-0.1, -0.05) is 12.1 Å². The van der Waals surface area contributed by atoms with E-state index >= 15 is 0 Å². The number of nitrogens with zero attached hydrogens (tertiary/aromatic N) is 1. The molecule has 0 N–H and O–H groups in total. The lowest BCUT2D eigenvalue weighted by atomic mass is 10.1. The number of hydrogen-bond donors (Lipinski definition) is 0. The summed E-state index contributed by atoms with van der Waals surface area (Å²) >= 11 is 0. The summed E-state index contributed by atoms with van der Waals surface area (Å²) in [4.78, 5) is 4.09. The third-order valence-corrected chi connectivity index (χ3v) is 1.97. The van der Waals surface area contributed by atoms with E-state index in [4.69, 9.17) is 0 Å². The number of rotatable bonds is 1. The number of hydrogen-bond acceptors (Lipinski definition) is 1. The van der Waals surface area contributed by atoms with E-state index in [1.54, 1.807) is 36.5 Å². The summed E-state index contributed by atoms with van der Waals surface area (Å²) in [5.74, 6) is -0.259. The number of benzene rings is 1. The van der Waals surface area contributed by atoms with Crippen molar-refractivity contribution in [2.24, 2.45) is 0 Å². The van der Waals surface area contributed by atoms with E-state index in [0.29, 0.717) is 11.3 Å². The Labute approximate surface area is 82.2 Å². The van der Waals surface area contributed by atoms with Crippen molar-refractivity contribution in [2.75, 3.05) is 0 Å². The smallest absolute Gasteiger partial charge is 0.132 e. The molecule has 1 heterocycles. The van der Waals surface area contributed by atoms with Gasteiger partial charge in [0.25, 0.3) is 0 Å². The highest BCUT2D eigenvalue weighted by molar-refractivity contribution is 5.60. The zero-order valence-corrected chi connectivity index (χ0v) is 7.57. The molecule has 2 aromatic rings. The Morgan fingerprint density at radius 3 is 2.64 bits per heavy atom. The molecule has 0 bridgehead atoms. The molecule has 0 amide bonds. The van der Waals surface area contributed by atoms with Crippen molar-refractivity contribution >= 4 is 0 Å². The van der Waals surface area contributed by atoms with Gasteiger partial charge in [0.15, 0.2) is 0 Å². The minimum atomic E-state index is -0.259. The van der Waals surface area contributed by atoms with Gasteiger partial charge < -0.3 is 0 Å². The van der Waals surface area contributed by atoms with Crippen molar-refractivity contribution < 1.29 is 4.39 Å². The third-order valence-electron chi connectivity index (χ3n) is 1.97. The molecule has 0 unspecified atom stereocenters. The average molecular weight is 186 g/mol. The van der Waals surface area contributed by atoms with Crippen molar-refractivity contribution in [3.63, 3.8) is 0 Å². The highest BCUT2D eigenvalue weighted by Crippen LogP contribution is 2.20. The first kappa shape index (κ1) is 8.88. The fourth-order valence-electron chi connectivity index (χ4n) is 1.29. The minimum Gasteiger partial charge on any atom is -0.256 e. The second-order valence-corrected chi connectivity index (χ2v) is 3.03. The summed E-state index contributed by atoms with van der Waals surface area (Å²) in [6.45, 7) is 3.77. The van der Waals surface area contributed by atoms with Crippen LogP contribution in [0.4, 0.5) is 4.39 Å². The van der Waals surface area contributed by atoms with Gasteiger partial charge in [0.1, 0.15) is 5.82 Å². The van der Waals surface area contributed by atoms with Crippen LogP contribution in [-0.2, 0) is 0 Å². The lowest BCUT2D eigenvalue weighted by Crippen LogP contribution is -1.87. The van der Waals surface area contributed by atoms with Gasteiger partial charge in [-0.25, -0.2) is 4.39 Å². The Hall–Kier alpha value is -1.70. The van der Waals surface area contributed by atoms with Gasteiger partial charge in [-0.05, 0) is 36.8 Å². The number of aromatic nitrogens is 1. The van der Waals surface area contributed by atoms with E-state index in [9.17, 15) is 4.39 Å². The van der Waals surface area contributed by atoms with Gasteiger partial charge in [0.05, 0.1) is 5.69 Å². The van der Waals surface area contributed by atoms with Crippen LogP contribution in [0.5, 0.6) is 0 Å². The lowest BCUT2D eigenvalue weighted by molar-refractivity contribution is 0.630. The van der Waals surface area contributed by atoms with Crippen LogP contribution >= 0.6 is 0 Å². The molecular formula is C12H9FN. The predicted molar refractivity (Wildman–Crippen MR) is 54.1 cm³/mol. The molecule has 0 saturated heterocycles. The molecular weight excluding hydrogens is 177 g/mol.